The molecule has 0 aliphatic carbocycles. The lowest BCUT2D eigenvalue weighted by Gasteiger charge is -2.23. The second kappa shape index (κ2) is 8.50. The molecule has 1 heterocycles. The number of halogens is 1. The van der Waals surface area contributed by atoms with Crippen LogP contribution in [-0.4, -0.2) is 33.6 Å². The minimum Gasteiger partial charge on any atom is -0.486 e. The molecule has 0 aromatic heterocycles. The zero-order valence-corrected chi connectivity index (χ0v) is 17.8. The van der Waals surface area contributed by atoms with Gasteiger partial charge in [0.2, 0.25) is 15.9 Å². The van der Waals surface area contributed by atoms with Gasteiger partial charge in [0, 0.05) is 16.2 Å². The number of anilines is 1. The largest absolute Gasteiger partial charge is 0.486 e. The molecule has 1 atom stereocenters. The number of benzene rings is 2. The number of rotatable bonds is 6. The van der Waals surface area contributed by atoms with Gasteiger partial charge in [0.25, 0.3) is 0 Å². The minimum absolute atomic E-state index is 0.0912. The van der Waals surface area contributed by atoms with Crippen LogP contribution in [-0.2, 0) is 14.8 Å². The van der Waals surface area contributed by atoms with Crippen molar-refractivity contribution in [2.45, 2.75) is 24.8 Å². The first-order chi connectivity index (χ1) is 13.3. The molecule has 3 rings (SSSR count). The Hall–Kier alpha value is -2.10. The van der Waals surface area contributed by atoms with E-state index in [2.05, 4.69) is 26.0 Å². The van der Waals surface area contributed by atoms with Gasteiger partial charge >= 0.3 is 0 Å². The van der Waals surface area contributed by atoms with E-state index in [0.717, 1.165) is 4.47 Å². The van der Waals surface area contributed by atoms with E-state index in [1.54, 1.807) is 44.2 Å². The Morgan fingerprint density at radius 2 is 1.68 bits per heavy atom. The summed E-state index contributed by atoms with van der Waals surface area (Å²) in [6, 6.07) is 10.3. The monoisotopic (exact) mass is 468 g/mol. The zero-order valence-electron chi connectivity index (χ0n) is 15.4. The van der Waals surface area contributed by atoms with Gasteiger partial charge in [0.15, 0.2) is 11.5 Å². The van der Waals surface area contributed by atoms with Gasteiger partial charge in [-0.1, -0.05) is 29.8 Å². The van der Waals surface area contributed by atoms with Crippen molar-refractivity contribution in [3.05, 3.63) is 46.9 Å². The predicted molar refractivity (Wildman–Crippen MR) is 109 cm³/mol. The molecule has 0 saturated carbocycles. The molecule has 2 N–H and O–H groups in total. The highest BCUT2D eigenvalue weighted by molar-refractivity contribution is 9.10. The van der Waals surface area contributed by atoms with Crippen LogP contribution in [0.4, 0.5) is 5.69 Å². The molecule has 0 bridgehead atoms. The molecule has 1 aliphatic rings. The van der Waals surface area contributed by atoms with Crippen molar-refractivity contribution in [2.75, 3.05) is 18.5 Å². The number of nitrogens with one attached hydrogen (secondary N) is 2. The van der Waals surface area contributed by atoms with E-state index in [1.807, 2.05) is 0 Å². The van der Waals surface area contributed by atoms with Crippen molar-refractivity contribution in [3.8, 4) is 11.5 Å². The summed E-state index contributed by atoms with van der Waals surface area (Å²) in [6.07, 6.45) is 0. The van der Waals surface area contributed by atoms with Gasteiger partial charge < -0.3 is 14.8 Å². The summed E-state index contributed by atoms with van der Waals surface area (Å²) in [4.78, 5) is 12.9. The van der Waals surface area contributed by atoms with Crippen LogP contribution in [0.25, 0.3) is 0 Å². The Bertz CT molecular complexity index is 961. The molecule has 28 heavy (non-hydrogen) atoms. The SMILES string of the molecule is CC(C)[C@H](NS(=O)(=O)c1ccc(Br)cc1)C(=O)Nc1ccc2c(c1)OCCO2. The molecule has 0 unspecified atom stereocenters. The third-order valence-corrected chi connectivity index (χ3v) is 6.15. The van der Waals surface area contributed by atoms with E-state index in [1.165, 1.54) is 12.1 Å². The maximum Gasteiger partial charge on any atom is 0.242 e. The summed E-state index contributed by atoms with van der Waals surface area (Å²) in [7, 11) is -3.85. The molecule has 0 saturated heterocycles. The lowest BCUT2D eigenvalue weighted by molar-refractivity contribution is -0.118. The van der Waals surface area contributed by atoms with E-state index < -0.39 is 22.0 Å². The number of carbonyl (C=O) groups is 1. The Kier molecular flexibility index (Phi) is 6.26. The zero-order chi connectivity index (χ0) is 20.3. The maximum atomic E-state index is 12.8. The Labute approximate surface area is 172 Å². The van der Waals surface area contributed by atoms with Crippen molar-refractivity contribution in [1.29, 1.82) is 0 Å². The summed E-state index contributed by atoms with van der Waals surface area (Å²) < 4.78 is 39.6. The molecule has 1 aliphatic heterocycles. The normalized spacial score (nSPS) is 14.6. The fourth-order valence-corrected chi connectivity index (χ4v) is 4.29. The third-order valence-electron chi connectivity index (χ3n) is 4.16. The molecular formula is C19H21BrN2O5S. The fraction of sp³-hybridized carbons (Fsp3) is 0.316. The number of sulfonamides is 1. The summed E-state index contributed by atoms with van der Waals surface area (Å²) in [5.41, 5.74) is 0.503. The van der Waals surface area contributed by atoms with Crippen LogP contribution in [0.2, 0.25) is 0 Å². The number of carbonyl (C=O) groups excluding carboxylic acids is 1. The van der Waals surface area contributed by atoms with Crippen molar-refractivity contribution in [3.63, 3.8) is 0 Å². The standard InChI is InChI=1S/C19H21BrN2O5S/c1-12(2)18(22-28(24,25)15-6-3-13(20)4-7-15)19(23)21-14-5-8-16-17(11-14)27-10-9-26-16/h3-8,11-12,18,22H,9-10H2,1-2H3,(H,21,23)/t18-/m0/s1. The summed E-state index contributed by atoms with van der Waals surface area (Å²) in [6.45, 7) is 4.47. The second-order valence-corrected chi connectivity index (χ2v) is 9.27. The third kappa shape index (κ3) is 4.84. The van der Waals surface area contributed by atoms with Crippen molar-refractivity contribution in [2.24, 2.45) is 5.92 Å². The average Bonchev–Trinajstić information content (AvgIpc) is 2.66. The smallest absolute Gasteiger partial charge is 0.242 e. The van der Waals surface area contributed by atoms with Gasteiger partial charge in [0.1, 0.15) is 19.3 Å². The molecule has 0 radical (unpaired) electrons. The Balaban J connectivity index is 1.76. The van der Waals surface area contributed by atoms with Gasteiger partial charge in [-0.2, -0.15) is 4.72 Å². The van der Waals surface area contributed by atoms with Gasteiger partial charge in [-0.25, -0.2) is 8.42 Å². The lowest BCUT2D eigenvalue weighted by Crippen LogP contribution is -2.47. The van der Waals surface area contributed by atoms with E-state index in [4.69, 9.17) is 9.47 Å². The quantitative estimate of drug-likeness (QED) is 0.678. The van der Waals surface area contributed by atoms with Crippen molar-refractivity contribution >= 4 is 37.5 Å². The Morgan fingerprint density at radius 1 is 1.04 bits per heavy atom. The molecule has 1 amide bonds. The van der Waals surface area contributed by atoms with Gasteiger partial charge in [-0.15, -0.1) is 0 Å². The summed E-state index contributed by atoms with van der Waals surface area (Å²) in [5.74, 6) is 0.441. The van der Waals surface area contributed by atoms with E-state index in [9.17, 15) is 13.2 Å². The van der Waals surface area contributed by atoms with Gasteiger partial charge in [-0.05, 0) is 42.3 Å². The molecule has 9 heteroatoms. The second-order valence-electron chi connectivity index (χ2n) is 6.64. The first kappa shape index (κ1) is 20.6. The average molecular weight is 469 g/mol. The van der Waals surface area contributed by atoms with Crippen LogP contribution in [0.15, 0.2) is 51.8 Å². The van der Waals surface area contributed by atoms with Gasteiger partial charge in [0.05, 0.1) is 4.90 Å². The number of ether oxygens (including phenoxy) is 2. The van der Waals surface area contributed by atoms with Crippen LogP contribution in [0.1, 0.15) is 13.8 Å². The molecule has 0 fully saturated rings. The first-order valence-corrected chi connectivity index (χ1v) is 11.0. The number of amides is 1. The van der Waals surface area contributed by atoms with Crippen LogP contribution in [0.3, 0.4) is 0 Å². The predicted octanol–water partition coefficient (Wildman–Crippen LogP) is 3.16. The highest BCUT2D eigenvalue weighted by atomic mass is 79.9. The molecule has 150 valence electrons. The molecule has 2 aromatic carbocycles. The van der Waals surface area contributed by atoms with Crippen molar-refractivity contribution < 1.29 is 22.7 Å². The first-order valence-electron chi connectivity index (χ1n) is 8.75. The maximum absolute atomic E-state index is 12.8. The van der Waals surface area contributed by atoms with E-state index >= 15 is 0 Å². The van der Waals surface area contributed by atoms with Crippen LogP contribution < -0.4 is 19.5 Å². The lowest BCUT2D eigenvalue weighted by atomic mass is 10.0. The molecular weight excluding hydrogens is 448 g/mol. The van der Waals surface area contributed by atoms with Crippen LogP contribution in [0, 0.1) is 5.92 Å². The highest BCUT2D eigenvalue weighted by Crippen LogP contribution is 2.32. The van der Waals surface area contributed by atoms with Gasteiger partial charge in [-0.3, -0.25) is 4.79 Å². The minimum atomic E-state index is -3.85. The molecule has 0 spiro atoms. The number of hydrogen-bond donors (Lipinski definition) is 2. The van der Waals surface area contributed by atoms with Crippen LogP contribution >= 0.6 is 15.9 Å². The van der Waals surface area contributed by atoms with E-state index in [0.29, 0.717) is 30.4 Å². The highest BCUT2D eigenvalue weighted by Gasteiger charge is 2.28. The molecule has 7 nitrogen and oxygen atoms in total. The molecule has 2 aromatic rings. The Morgan fingerprint density at radius 3 is 2.32 bits per heavy atom. The van der Waals surface area contributed by atoms with Crippen LogP contribution in [0.5, 0.6) is 11.5 Å². The summed E-state index contributed by atoms with van der Waals surface area (Å²) in [5, 5.41) is 2.75. The van der Waals surface area contributed by atoms with E-state index in [-0.39, 0.29) is 10.8 Å². The topological polar surface area (TPSA) is 93.7 Å². The van der Waals surface area contributed by atoms with Crippen molar-refractivity contribution in [1.82, 2.24) is 4.72 Å². The number of fused-ring (bicyclic) bond motifs is 1. The number of hydrogen-bond acceptors (Lipinski definition) is 5. The summed E-state index contributed by atoms with van der Waals surface area (Å²) >= 11 is 3.27. The fourth-order valence-electron chi connectivity index (χ4n) is 2.68.